The number of pyridine rings is 1. The number of hydrogen-bond donors (Lipinski definition) is 1. The van der Waals surface area contributed by atoms with E-state index in [1.165, 1.54) is 0 Å². The molecule has 2 aliphatic rings. The SMILES string of the molecule is O[C@]1(C(F)(F)F)[C@H]2COc3ccccc3C2=NN1c1nc(-c2ccccn2)cs1. The molecule has 6 nitrogen and oxygen atoms in total. The largest absolute Gasteiger partial charge is 0.492 e. The first-order valence-electron chi connectivity index (χ1n) is 8.66. The van der Waals surface area contributed by atoms with Gasteiger partial charge in [0.1, 0.15) is 18.1 Å². The Bertz CT molecular complexity index is 1100. The van der Waals surface area contributed by atoms with Crippen molar-refractivity contribution in [2.75, 3.05) is 11.6 Å². The molecule has 4 heterocycles. The van der Waals surface area contributed by atoms with Gasteiger partial charge in [0, 0.05) is 17.1 Å². The molecule has 5 rings (SSSR count). The van der Waals surface area contributed by atoms with Crippen LogP contribution in [-0.4, -0.2) is 39.3 Å². The Kier molecular flexibility index (Phi) is 3.90. The summed E-state index contributed by atoms with van der Waals surface area (Å²) in [6.45, 7) is -0.346. The lowest BCUT2D eigenvalue weighted by atomic mass is 9.86. The number of hydrogen-bond acceptors (Lipinski definition) is 7. The molecular weight excluding hydrogens is 405 g/mol. The highest BCUT2D eigenvalue weighted by atomic mass is 32.1. The van der Waals surface area contributed by atoms with Crippen molar-refractivity contribution in [1.82, 2.24) is 9.97 Å². The van der Waals surface area contributed by atoms with Gasteiger partial charge in [0.2, 0.25) is 5.13 Å². The number of alkyl halides is 3. The molecule has 2 atom stereocenters. The van der Waals surface area contributed by atoms with Crippen molar-refractivity contribution >= 4 is 22.2 Å². The molecule has 0 bridgehead atoms. The maximum absolute atomic E-state index is 14.1. The molecule has 3 aromatic rings. The Hall–Kier alpha value is -2.98. The van der Waals surface area contributed by atoms with Crippen molar-refractivity contribution < 1.29 is 23.0 Å². The first kappa shape index (κ1) is 18.1. The van der Waals surface area contributed by atoms with Gasteiger partial charge in [-0.2, -0.15) is 23.3 Å². The second kappa shape index (κ2) is 6.26. The summed E-state index contributed by atoms with van der Waals surface area (Å²) in [6, 6.07) is 11.9. The van der Waals surface area contributed by atoms with Crippen LogP contribution < -0.4 is 9.75 Å². The maximum Gasteiger partial charge on any atom is 0.439 e. The maximum atomic E-state index is 14.1. The van der Waals surface area contributed by atoms with Gasteiger partial charge in [0.15, 0.2) is 0 Å². The molecule has 0 saturated carbocycles. The van der Waals surface area contributed by atoms with Crippen molar-refractivity contribution in [2.24, 2.45) is 11.0 Å². The highest BCUT2D eigenvalue weighted by Gasteiger charge is 2.69. The summed E-state index contributed by atoms with van der Waals surface area (Å²) in [5.74, 6) is -0.971. The topological polar surface area (TPSA) is 70.8 Å². The van der Waals surface area contributed by atoms with Crippen LogP contribution in [0.5, 0.6) is 5.75 Å². The third-order valence-corrected chi connectivity index (χ3v) is 5.75. The van der Waals surface area contributed by atoms with E-state index < -0.39 is 17.8 Å². The number of fused-ring (bicyclic) bond motifs is 3. The fraction of sp³-hybridized carbons (Fsp3) is 0.211. The number of anilines is 1. The molecule has 0 saturated heterocycles. The summed E-state index contributed by atoms with van der Waals surface area (Å²) in [4.78, 5) is 8.42. The summed E-state index contributed by atoms with van der Waals surface area (Å²) in [5.41, 5.74) is -1.79. The van der Waals surface area contributed by atoms with Gasteiger partial charge in [0.05, 0.1) is 17.3 Å². The Morgan fingerprint density at radius 2 is 1.93 bits per heavy atom. The predicted octanol–water partition coefficient (Wildman–Crippen LogP) is 3.69. The minimum absolute atomic E-state index is 0.0788. The monoisotopic (exact) mass is 418 g/mol. The average molecular weight is 418 g/mol. The molecule has 1 aromatic carbocycles. The van der Waals surface area contributed by atoms with Crippen LogP contribution >= 0.6 is 11.3 Å². The lowest BCUT2D eigenvalue weighted by Crippen LogP contribution is -2.61. The number of thiazole rings is 1. The highest BCUT2D eigenvalue weighted by molar-refractivity contribution is 7.14. The van der Waals surface area contributed by atoms with Gasteiger partial charge in [-0.15, -0.1) is 11.3 Å². The summed E-state index contributed by atoms with van der Waals surface area (Å²) >= 11 is 0.954. The molecule has 2 aliphatic heterocycles. The molecule has 0 fully saturated rings. The smallest absolute Gasteiger partial charge is 0.439 e. The van der Waals surface area contributed by atoms with Crippen molar-refractivity contribution in [3.05, 3.63) is 59.6 Å². The van der Waals surface area contributed by atoms with Gasteiger partial charge >= 0.3 is 6.18 Å². The summed E-state index contributed by atoms with van der Waals surface area (Å²) in [5, 5.41) is 17.1. The number of benzene rings is 1. The second-order valence-electron chi connectivity index (χ2n) is 6.61. The number of halogens is 3. The first-order chi connectivity index (χ1) is 13.9. The fourth-order valence-corrected chi connectivity index (χ4v) is 4.33. The van der Waals surface area contributed by atoms with E-state index in [1.807, 2.05) is 0 Å². The van der Waals surface area contributed by atoms with Crippen LogP contribution in [0.2, 0.25) is 0 Å². The number of para-hydroxylation sites is 1. The minimum atomic E-state index is -4.99. The van der Waals surface area contributed by atoms with Gasteiger partial charge in [-0.1, -0.05) is 18.2 Å². The zero-order chi connectivity index (χ0) is 20.2. The number of aliphatic hydroxyl groups is 1. The minimum Gasteiger partial charge on any atom is -0.492 e. The Balaban J connectivity index is 1.63. The van der Waals surface area contributed by atoms with Crippen molar-refractivity contribution in [3.8, 4) is 17.1 Å². The van der Waals surface area contributed by atoms with Crippen molar-refractivity contribution in [2.45, 2.75) is 11.9 Å². The molecule has 2 aromatic heterocycles. The van der Waals surface area contributed by atoms with Crippen LogP contribution in [0.4, 0.5) is 18.3 Å². The van der Waals surface area contributed by atoms with E-state index >= 15 is 0 Å². The van der Waals surface area contributed by atoms with Gasteiger partial charge < -0.3 is 9.84 Å². The lowest BCUT2D eigenvalue weighted by molar-refractivity contribution is -0.270. The summed E-state index contributed by atoms with van der Waals surface area (Å²) in [7, 11) is 0. The molecule has 0 amide bonds. The van der Waals surface area contributed by atoms with Crippen LogP contribution in [-0.2, 0) is 0 Å². The van der Waals surface area contributed by atoms with Crippen LogP contribution in [0.25, 0.3) is 11.4 Å². The fourth-order valence-electron chi connectivity index (χ4n) is 3.51. The van der Waals surface area contributed by atoms with Crippen LogP contribution in [0.3, 0.4) is 0 Å². The Morgan fingerprint density at radius 3 is 2.69 bits per heavy atom. The highest BCUT2D eigenvalue weighted by Crippen LogP contribution is 2.50. The van der Waals surface area contributed by atoms with Crippen LogP contribution in [0.1, 0.15) is 5.56 Å². The van der Waals surface area contributed by atoms with Crippen LogP contribution in [0, 0.1) is 5.92 Å². The first-order valence-corrected chi connectivity index (χ1v) is 9.54. The number of hydrazone groups is 1. The summed E-state index contributed by atoms with van der Waals surface area (Å²) in [6.07, 6.45) is -3.42. The number of rotatable bonds is 2. The number of nitrogens with zero attached hydrogens (tertiary/aromatic N) is 4. The Morgan fingerprint density at radius 1 is 1.14 bits per heavy atom. The van der Waals surface area contributed by atoms with E-state index in [0.29, 0.717) is 27.7 Å². The predicted molar refractivity (Wildman–Crippen MR) is 101 cm³/mol. The normalized spacial score (nSPS) is 23.2. The van der Waals surface area contributed by atoms with Gasteiger partial charge in [-0.3, -0.25) is 4.98 Å². The molecule has 29 heavy (non-hydrogen) atoms. The van der Waals surface area contributed by atoms with Gasteiger partial charge in [0.25, 0.3) is 5.72 Å². The number of ether oxygens (including phenoxy) is 1. The molecule has 0 spiro atoms. The molecule has 0 aliphatic carbocycles. The van der Waals surface area contributed by atoms with Gasteiger partial charge in [-0.05, 0) is 24.3 Å². The quantitative estimate of drug-likeness (QED) is 0.688. The number of aromatic nitrogens is 2. The third kappa shape index (κ3) is 2.63. The second-order valence-corrected chi connectivity index (χ2v) is 7.45. The van der Waals surface area contributed by atoms with Crippen LogP contribution in [0.15, 0.2) is 59.1 Å². The molecular formula is C19H13F3N4O2S. The lowest BCUT2D eigenvalue weighted by Gasteiger charge is -2.38. The summed E-state index contributed by atoms with van der Waals surface area (Å²) < 4.78 is 47.8. The molecule has 10 heteroatoms. The van der Waals surface area contributed by atoms with E-state index in [-0.39, 0.29) is 17.5 Å². The van der Waals surface area contributed by atoms with E-state index in [4.69, 9.17) is 4.74 Å². The third-order valence-electron chi connectivity index (χ3n) is 4.93. The van der Waals surface area contributed by atoms with E-state index in [1.54, 1.807) is 54.0 Å². The van der Waals surface area contributed by atoms with E-state index in [0.717, 1.165) is 11.3 Å². The van der Waals surface area contributed by atoms with Gasteiger partial charge in [-0.25, -0.2) is 4.98 Å². The molecule has 0 unspecified atom stereocenters. The average Bonchev–Trinajstić information content (AvgIpc) is 3.32. The molecule has 0 radical (unpaired) electrons. The van der Waals surface area contributed by atoms with Crippen molar-refractivity contribution in [3.63, 3.8) is 0 Å². The van der Waals surface area contributed by atoms with E-state index in [9.17, 15) is 18.3 Å². The molecule has 148 valence electrons. The van der Waals surface area contributed by atoms with E-state index in [2.05, 4.69) is 15.1 Å². The van der Waals surface area contributed by atoms with Crippen molar-refractivity contribution in [1.29, 1.82) is 0 Å². The molecule has 1 N–H and O–H groups in total. The standard InChI is InChI=1S/C19H13F3N4O2S/c20-19(21,22)18(27)12-9-28-15-7-2-1-5-11(15)16(12)25-26(18)17-24-14(10-29-17)13-6-3-4-8-23-13/h1-8,10,12,27H,9H2/t12-,18-/m0/s1. The zero-order valence-corrected chi connectivity index (χ0v) is 15.5. The zero-order valence-electron chi connectivity index (χ0n) is 14.7. The Labute approximate surface area is 166 Å².